The summed E-state index contributed by atoms with van der Waals surface area (Å²) in [7, 11) is 0. The van der Waals surface area contributed by atoms with Crippen LogP contribution in [-0.2, 0) is 9.53 Å². The summed E-state index contributed by atoms with van der Waals surface area (Å²) < 4.78 is 7.57. The summed E-state index contributed by atoms with van der Waals surface area (Å²) in [5.74, 6) is 1.60. The molecule has 0 saturated heterocycles. The standard InChI is InChI=1S/C21H30N4O2S/c1-13(2)17-8-6-15(4)11-19(17)27-20(26)12-28-21-22-23-24-25(21)18-9-7-14(3)10-16(18)5/h7,9-10,13,15,17,19H,6,8,11-12H2,1-5H3/t15-,17-,19-/m1/s1. The first-order valence-corrected chi connectivity index (χ1v) is 11.0. The molecule has 1 aromatic heterocycles. The molecule has 1 saturated carbocycles. The number of aryl methyl sites for hydroxylation is 2. The van der Waals surface area contributed by atoms with Gasteiger partial charge in [0.25, 0.3) is 0 Å². The van der Waals surface area contributed by atoms with Crippen molar-refractivity contribution in [2.75, 3.05) is 5.75 Å². The van der Waals surface area contributed by atoms with Crippen molar-refractivity contribution in [3.8, 4) is 5.69 Å². The van der Waals surface area contributed by atoms with E-state index in [2.05, 4.69) is 49.3 Å². The van der Waals surface area contributed by atoms with Crippen LogP contribution in [0.2, 0.25) is 0 Å². The second kappa shape index (κ2) is 9.07. The summed E-state index contributed by atoms with van der Waals surface area (Å²) in [6, 6.07) is 6.12. The molecule has 2 aromatic rings. The SMILES string of the molecule is Cc1ccc(-n2nnnc2SCC(=O)O[C@@H]2C[C@H](C)CC[C@@H]2C(C)C)c(C)c1. The molecule has 6 nitrogen and oxygen atoms in total. The molecule has 1 aromatic carbocycles. The molecular formula is C21H30N4O2S. The lowest BCUT2D eigenvalue weighted by molar-refractivity contribution is -0.152. The summed E-state index contributed by atoms with van der Waals surface area (Å²) >= 11 is 1.32. The van der Waals surface area contributed by atoms with Gasteiger partial charge in [0.15, 0.2) is 0 Å². The van der Waals surface area contributed by atoms with Gasteiger partial charge in [0.2, 0.25) is 5.16 Å². The first-order chi connectivity index (χ1) is 13.3. The van der Waals surface area contributed by atoms with Gasteiger partial charge in [0.1, 0.15) is 6.10 Å². The fourth-order valence-electron chi connectivity index (χ4n) is 4.04. The Morgan fingerprint density at radius 3 is 2.82 bits per heavy atom. The third-order valence-electron chi connectivity index (χ3n) is 5.58. The van der Waals surface area contributed by atoms with E-state index < -0.39 is 0 Å². The Morgan fingerprint density at radius 2 is 2.11 bits per heavy atom. The van der Waals surface area contributed by atoms with E-state index in [1.54, 1.807) is 4.68 Å². The van der Waals surface area contributed by atoms with Crippen LogP contribution in [0.1, 0.15) is 51.2 Å². The number of benzene rings is 1. The molecule has 28 heavy (non-hydrogen) atoms. The number of rotatable bonds is 6. The van der Waals surface area contributed by atoms with Gasteiger partial charge < -0.3 is 4.74 Å². The summed E-state index contributed by atoms with van der Waals surface area (Å²) in [4.78, 5) is 12.5. The molecule has 0 amide bonds. The predicted molar refractivity (Wildman–Crippen MR) is 111 cm³/mol. The molecule has 0 radical (unpaired) electrons. The number of hydrogen-bond donors (Lipinski definition) is 0. The summed E-state index contributed by atoms with van der Waals surface area (Å²) in [6.45, 7) is 10.8. The van der Waals surface area contributed by atoms with Crippen LogP contribution in [0.3, 0.4) is 0 Å². The predicted octanol–water partition coefficient (Wildman–Crippen LogP) is 4.38. The third kappa shape index (κ3) is 4.93. The Bertz CT molecular complexity index is 820. The van der Waals surface area contributed by atoms with Gasteiger partial charge in [0.05, 0.1) is 11.4 Å². The minimum Gasteiger partial charge on any atom is -0.461 e. The van der Waals surface area contributed by atoms with Crippen LogP contribution in [0.4, 0.5) is 0 Å². The van der Waals surface area contributed by atoms with Gasteiger partial charge in [-0.25, -0.2) is 0 Å². The number of nitrogens with zero attached hydrogens (tertiary/aromatic N) is 4. The first kappa shape index (κ1) is 20.8. The number of carbonyl (C=O) groups excluding carboxylic acids is 1. The maximum absolute atomic E-state index is 12.5. The zero-order valence-corrected chi connectivity index (χ0v) is 18.2. The normalized spacial score (nSPS) is 22.4. The van der Waals surface area contributed by atoms with E-state index in [-0.39, 0.29) is 17.8 Å². The highest BCUT2D eigenvalue weighted by atomic mass is 32.2. The highest BCUT2D eigenvalue weighted by Crippen LogP contribution is 2.35. The van der Waals surface area contributed by atoms with Crippen molar-refractivity contribution < 1.29 is 9.53 Å². The van der Waals surface area contributed by atoms with Crippen LogP contribution in [0.25, 0.3) is 5.69 Å². The number of esters is 1. The monoisotopic (exact) mass is 402 g/mol. The molecule has 7 heteroatoms. The molecule has 152 valence electrons. The van der Waals surface area contributed by atoms with Gasteiger partial charge >= 0.3 is 5.97 Å². The van der Waals surface area contributed by atoms with E-state index >= 15 is 0 Å². The Balaban J connectivity index is 1.63. The second-order valence-corrected chi connectivity index (χ2v) is 9.25. The first-order valence-electron chi connectivity index (χ1n) is 10.0. The Hall–Kier alpha value is -1.89. The van der Waals surface area contributed by atoms with Crippen molar-refractivity contribution in [1.82, 2.24) is 20.2 Å². The van der Waals surface area contributed by atoms with Gasteiger partial charge in [-0.1, -0.05) is 56.7 Å². The van der Waals surface area contributed by atoms with E-state index in [1.807, 2.05) is 19.1 Å². The number of aromatic nitrogens is 4. The van der Waals surface area contributed by atoms with Crippen LogP contribution in [0.15, 0.2) is 23.4 Å². The van der Waals surface area contributed by atoms with Crippen molar-refractivity contribution in [2.24, 2.45) is 17.8 Å². The van der Waals surface area contributed by atoms with Gasteiger partial charge in [-0.15, -0.1) is 5.10 Å². The van der Waals surface area contributed by atoms with Crippen molar-refractivity contribution in [3.63, 3.8) is 0 Å². The lowest BCUT2D eigenvalue weighted by Gasteiger charge is -2.36. The Labute approximate surface area is 171 Å². The van der Waals surface area contributed by atoms with E-state index in [0.29, 0.717) is 22.9 Å². The largest absolute Gasteiger partial charge is 0.461 e. The number of thioether (sulfide) groups is 1. The van der Waals surface area contributed by atoms with E-state index in [9.17, 15) is 4.79 Å². The fourth-order valence-corrected chi connectivity index (χ4v) is 4.71. The lowest BCUT2D eigenvalue weighted by Crippen LogP contribution is -2.36. The number of carbonyl (C=O) groups is 1. The molecular weight excluding hydrogens is 372 g/mol. The summed E-state index contributed by atoms with van der Waals surface area (Å²) in [5.41, 5.74) is 3.20. The molecule has 3 atom stereocenters. The minimum atomic E-state index is -0.190. The summed E-state index contributed by atoms with van der Waals surface area (Å²) in [6.07, 6.45) is 3.33. The molecule has 3 rings (SSSR count). The molecule has 1 heterocycles. The topological polar surface area (TPSA) is 69.9 Å². The zero-order chi connectivity index (χ0) is 20.3. The van der Waals surface area contributed by atoms with Crippen molar-refractivity contribution in [2.45, 2.75) is 65.1 Å². The number of tetrazole rings is 1. The van der Waals surface area contributed by atoms with Crippen LogP contribution in [0.5, 0.6) is 0 Å². The van der Waals surface area contributed by atoms with Gasteiger partial charge in [-0.3, -0.25) is 4.79 Å². The molecule has 0 spiro atoms. The average molecular weight is 403 g/mol. The maximum atomic E-state index is 12.5. The van der Waals surface area contributed by atoms with Crippen LogP contribution in [0, 0.1) is 31.6 Å². The minimum absolute atomic E-state index is 0.0205. The lowest BCUT2D eigenvalue weighted by atomic mass is 9.75. The van der Waals surface area contributed by atoms with Crippen molar-refractivity contribution in [1.29, 1.82) is 0 Å². The molecule has 0 unspecified atom stereocenters. The molecule has 0 bridgehead atoms. The van der Waals surface area contributed by atoms with Crippen LogP contribution < -0.4 is 0 Å². The van der Waals surface area contributed by atoms with Crippen LogP contribution >= 0.6 is 11.8 Å². The third-order valence-corrected chi connectivity index (χ3v) is 6.48. The average Bonchev–Trinajstić information content (AvgIpc) is 3.08. The van der Waals surface area contributed by atoms with Gasteiger partial charge in [-0.05, 0) is 66.5 Å². The Kier molecular flexibility index (Phi) is 6.75. The fraction of sp³-hybridized carbons (Fsp3) is 0.619. The smallest absolute Gasteiger partial charge is 0.316 e. The molecule has 1 aliphatic carbocycles. The van der Waals surface area contributed by atoms with Crippen molar-refractivity contribution in [3.05, 3.63) is 29.3 Å². The molecule has 1 aliphatic rings. The van der Waals surface area contributed by atoms with Crippen LogP contribution in [-0.4, -0.2) is 38.0 Å². The zero-order valence-electron chi connectivity index (χ0n) is 17.4. The number of hydrogen-bond acceptors (Lipinski definition) is 6. The van der Waals surface area contributed by atoms with E-state index in [0.717, 1.165) is 24.1 Å². The van der Waals surface area contributed by atoms with E-state index in [4.69, 9.17) is 4.74 Å². The molecule has 0 N–H and O–H groups in total. The highest BCUT2D eigenvalue weighted by molar-refractivity contribution is 7.99. The Morgan fingerprint density at radius 1 is 1.32 bits per heavy atom. The highest BCUT2D eigenvalue weighted by Gasteiger charge is 2.33. The van der Waals surface area contributed by atoms with Gasteiger partial charge in [0, 0.05) is 0 Å². The maximum Gasteiger partial charge on any atom is 0.316 e. The van der Waals surface area contributed by atoms with Crippen molar-refractivity contribution >= 4 is 17.7 Å². The summed E-state index contributed by atoms with van der Waals surface area (Å²) in [5, 5.41) is 12.6. The molecule has 1 fully saturated rings. The quantitative estimate of drug-likeness (QED) is 0.528. The van der Waals surface area contributed by atoms with E-state index in [1.165, 1.54) is 23.7 Å². The molecule has 0 aliphatic heterocycles. The number of ether oxygens (including phenoxy) is 1. The van der Waals surface area contributed by atoms with Gasteiger partial charge in [-0.2, -0.15) is 4.68 Å². The second-order valence-electron chi connectivity index (χ2n) is 8.31.